The van der Waals surface area contributed by atoms with E-state index in [2.05, 4.69) is 17.1 Å². The molecule has 0 aliphatic rings. The van der Waals surface area contributed by atoms with Gasteiger partial charge in [-0.25, -0.2) is 0 Å². The molecule has 0 unspecified atom stereocenters. The normalized spacial score (nSPS) is 10.6. The van der Waals surface area contributed by atoms with E-state index in [0.29, 0.717) is 17.2 Å². The van der Waals surface area contributed by atoms with Crippen molar-refractivity contribution in [1.82, 2.24) is 4.98 Å². The Hall–Kier alpha value is -2.62. The minimum atomic E-state index is 0.592. The van der Waals surface area contributed by atoms with E-state index in [0.717, 1.165) is 22.0 Å². The first-order valence-corrected chi connectivity index (χ1v) is 6.65. The fraction of sp³-hybridized carbons (Fsp3) is 0.176. The lowest BCUT2D eigenvalue weighted by Gasteiger charge is -2.13. The van der Waals surface area contributed by atoms with Gasteiger partial charge in [0.25, 0.3) is 0 Å². The van der Waals surface area contributed by atoms with Crippen molar-refractivity contribution in [2.75, 3.05) is 21.3 Å². The van der Waals surface area contributed by atoms with E-state index in [9.17, 15) is 0 Å². The van der Waals surface area contributed by atoms with E-state index in [1.807, 2.05) is 30.5 Å². The topological polar surface area (TPSA) is 43.5 Å². The average molecular weight is 283 g/mol. The van der Waals surface area contributed by atoms with Crippen LogP contribution in [0.4, 0.5) is 0 Å². The number of hydrogen-bond acceptors (Lipinski definition) is 3. The van der Waals surface area contributed by atoms with Gasteiger partial charge in [-0.1, -0.05) is 30.3 Å². The molecule has 0 aliphatic heterocycles. The maximum atomic E-state index is 5.50. The van der Waals surface area contributed by atoms with Crippen LogP contribution in [0.5, 0.6) is 17.2 Å². The number of hydrogen-bond donors (Lipinski definition) is 1. The molecule has 0 atom stereocenters. The van der Waals surface area contributed by atoms with Crippen molar-refractivity contribution >= 4 is 10.9 Å². The number of nitrogens with one attached hydrogen (secondary N) is 1. The van der Waals surface area contributed by atoms with E-state index in [1.165, 1.54) is 0 Å². The molecule has 1 N–H and O–H groups in total. The molecule has 108 valence electrons. The molecule has 0 radical (unpaired) electrons. The minimum absolute atomic E-state index is 0.592. The summed E-state index contributed by atoms with van der Waals surface area (Å²) in [5.41, 5.74) is 3.14. The molecule has 0 spiro atoms. The first-order chi connectivity index (χ1) is 10.3. The van der Waals surface area contributed by atoms with Crippen LogP contribution in [0.3, 0.4) is 0 Å². The largest absolute Gasteiger partial charge is 0.493 e. The van der Waals surface area contributed by atoms with Gasteiger partial charge in [-0.05, 0) is 11.6 Å². The lowest BCUT2D eigenvalue weighted by atomic mass is 10.0. The Morgan fingerprint density at radius 3 is 2.19 bits per heavy atom. The van der Waals surface area contributed by atoms with E-state index in [1.54, 1.807) is 21.3 Å². The molecule has 21 heavy (non-hydrogen) atoms. The molecule has 3 aromatic rings. The van der Waals surface area contributed by atoms with Crippen molar-refractivity contribution in [3.05, 3.63) is 42.6 Å². The van der Waals surface area contributed by atoms with Gasteiger partial charge in [0, 0.05) is 17.1 Å². The van der Waals surface area contributed by atoms with E-state index in [-0.39, 0.29) is 0 Å². The second kappa shape index (κ2) is 5.40. The predicted octanol–water partition coefficient (Wildman–Crippen LogP) is 3.86. The van der Waals surface area contributed by atoms with Gasteiger partial charge in [-0.2, -0.15) is 0 Å². The van der Waals surface area contributed by atoms with Crippen molar-refractivity contribution < 1.29 is 14.2 Å². The highest BCUT2D eigenvalue weighted by molar-refractivity contribution is 6.01. The summed E-state index contributed by atoms with van der Waals surface area (Å²) in [6.45, 7) is 0. The van der Waals surface area contributed by atoms with Crippen molar-refractivity contribution in [3.8, 4) is 28.4 Å². The second-order valence-electron chi connectivity index (χ2n) is 4.64. The smallest absolute Gasteiger partial charge is 0.205 e. The predicted molar refractivity (Wildman–Crippen MR) is 83.4 cm³/mol. The van der Waals surface area contributed by atoms with Crippen molar-refractivity contribution in [2.45, 2.75) is 0 Å². The molecule has 0 saturated carbocycles. The van der Waals surface area contributed by atoms with Crippen LogP contribution >= 0.6 is 0 Å². The first-order valence-electron chi connectivity index (χ1n) is 6.65. The fourth-order valence-corrected chi connectivity index (χ4v) is 2.59. The van der Waals surface area contributed by atoms with Crippen LogP contribution in [0.2, 0.25) is 0 Å². The zero-order valence-corrected chi connectivity index (χ0v) is 12.3. The second-order valence-corrected chi connectivity index (χ2v) is 4.64. The number of H-pyrrole nitrogens is 1. The highest BCUT2D eigenvalue weighted by Crippen LogP contribution is 2.45. The molecular formula is C17H17NO3. The van der Waals surface area contributed by atoms with Crippen molar-refractivity contribution in [1.29, 1.82) is 0 Å². The summed E-state index contributed by atoms with van der Waals surface area (Å²) in [5.74, 6) is 1.89. The summed E-state index contributed by atoms with van der Waals surface area (Å²) in [4.78, 5) is 3.27. The molecule has 4 heteroatoms. The third-order valence-corrected chi connectivity index (χ3v) is 3.57. The summed E-state index contributed by atoms with van der Waals surface area (Å²) < 4.78 is 16.3. The molecule has 3 rings (SSSR count). The Morgan fingerprint density at radius 1 is 0.857 bits per heavy atom. The van der Waals surface area contributed by atoms with Gasteiger partial charge >= 0.3 is 0 Å². The maximum absolute atomic E-state index is 5.50. The van der Waals surface area contributed by atoms with Crippen LogP contribution in [0.15, 0.2) is 42.6 Å². The molecule has 0 aliphatic carbocycles. The number of benzene rings is 2. The highest BCUT2D eigenvalue weighted by atomic mass is 16.5. The van der Waals surface area contributed by atoms with Crippen molar-refractivity contribution in [3.63, 3.8) is 0 Å². The van der Waals surface area contributed by atoms with Crippen LogP contribution in [-0.4, -0.2) is 26.3 Å². The Labute approximate surface area is 123 Å². The van der Waals surface area contributed by atoms with E-state index >= 15 is 0 Å². The van der Waals surface area contributed by atoms with Crippen LogP contribution in [-0.2, 0) is 0 Å². The Morgan fingerprint density at radius 2 is 1.57 bits per heavy atom. The molecule has 0 saturated heterocycles. The number of aromatic amines is 1. The summed E-state index contributed by atoms with van der Waals surface area (Å²) in [6.07, 6.45) is 1.97. The van der Waals surface area contributed by atoms with Gasteiger partial charge in [0.05, 0.1) is 26.8 Å². The summed E-state index contributed by atoms with van der Waals surface area (Å²) >= 11 is 0. The maximum Gasteiger partial charge on any atom is 0.205 e. The third kappa shape index (κ3) is 2.09. The molecule has 2 aromatic carbocycles. The summed E-state index contributed by atoms with van der Waals surface area (Å²) in [5, 5.41) is 1.04. The zero-order chi connectivity index (χ0) is 14.8. The van der Waals surface area contributed by atoms with Gasteiger partial charge in [0.15, 0.2) is 11.5 Å². The lowest BCUT2D eigenvalue weighted by Crippen LogP contribution is -1.95. The number of fused-ring (bicyclic) bond motifs is 1. The standard InChI is InChI=1S/C17H17NO3/c1-19-14-9-12-13(11-7-5-4-6-8-11)10-18-15(12)17(21-3)16(14)20-2/h4-10,18H,1-3H3. The Balaban J connectivity index is 2.32. The SMILES string of the molecule is COc1cc2c(-c3ccccc3)c[nH]c2c(OC)c1OC. The summed E-state index contributed by atoms with van der Waals surface area (Å²) in [7, 11) is 4.85. The molecular weight excluding hydrogens is 266 g/mol. The molecule has 4 nitrogen and oxygen atoms in total. The van der Waals surface area contributed by atoms with Crippen LogP contribution in [0.1, 0.15) is 0 Å². The number of aromatic nitrogens is 1. The molecule has 1 aromatic heterocycles. The highest BCUT2D eigenvalue weighted by Gasteiger charge is 2.19. The van der Waals surface area contributed by atoms with Gasteiger partial charge in [-0.3, -0.25) is 0 Å². The van der Waals surface area contributed by atoms with Gasteiger partial charge < -0.3 is 19.2 Å². The number of ether oxygens (including phenoxy) is 3. The fourth-order valence-electron chi connectivity index (χ4n) is 2.59. The number of rotatable bonds is 4. The van der Waals surface area contributed by atoms with Crippen LogP contribution in [0, 0.1) is 0 Å². The van der Waals surface area contributed by atoms with E-state index in [4.69, 9.17) is 14.2 Å². The van der Waals surface area contributed by atoms with E-state index < -0.39 is 0 Å². The van der Waals surface area contributed by atoms with Gasteiger partial charge in [0.2, 0.25) is 5.75 Å². The van der Waals surface area contributed by atoms with Gasteiger partial charge in [-0.15, -0.1) is 0 Å². The van der Waals surface area contributed by atoms with Crippen molar-refractivity contribution in [2.24, 2.45) is 0 Å². The first kappa shape index (κ1) is 13.4. The monoisotopic (exact) mass is 283 g/mol. The zero-order valence-electron chi connectivity index (χ0n) is 12.3. The minimum Gasteiger partial charge on any atom is -0.493 e. The molecule has 0 fully saturated rings. The molecule has 1 heterocycles. The Kier molecular flexibility index (Phi) is 3.44. The third-order valence-electron chi connectivity index (χ3n) is 3.57. The van der Waals surface area contributed by atoms with Crippen LogP contribution < -0.4 is 14.2 Å². The average Bonchev–Trinajstić information content (AvgIpc) is 2.97. The Bertz CT molecular complexity index is 763. The lowest BCUT2D eigenvalue weighted by molar-refractivity contribution is 0.327. The molecule has 0 amide bonds. The van der Waals surface area contributed by atoms with Crippen LogP contribution in [0.25, 0.3) is 22.0 Å². The van der Waals surface area contributed by atoms with Gasteiger partial charge in [0.1, 0.15) is 0 Å². The summed E-state index contributed by atoms with van der Waals surface area (Å²) in [6, 6.07) is 12.2. The molecule has 0 bridgehead atoms. The number of methoxy groups -OCH3 is 3. The quantitative estimate of drug-likeness (QED) is 0.790.